The Balaban J connectivity index is 2.14. The largest absolute Gasteiger partial charge is 0.450 e. The molecule has 1 N–H and O–H groups in total. The van der Waals surface area contributed by atoms with Crippen molar-refractivity contribution in [3.8, 4) is 0 Å². The van der Waals surface area contributed by atoms with Gasteiger partial charge in [-0.2, -0.15) is 26.3 Å². The topological polar surface area (TPSA) is 42.2 Å². The molecule has 0 spiro atoms. The molecule has 0 saturated heterocycles. The summed E-state index contributed by atoms with van der Waals surface area (Å²) in [6.45, 7) is 0. The summed E-state index contributed by atoms with van der Waals surface area (Å²) in [6.07, 6.45) is -9.92. The lowest BCUT2D eigenvalue weighted by Crippen LogP contribution is -2.17. The molecule has 0 bridgehead atoms. The highest BCUT2D eigenvalue weighted by Crippen LogP contribution is 2.41. The molecular formula is C17H9F6NO2. The van der Waals surface area contributed by atoms with Gasteiger partial charge in [-0.3, -0.25) is 4.79 Å². The number of alkyl halides is 6. The maximum absolute atomic E-state index is 13.4. The molecule has 0 unspecified atom stereocenters. The van der Waals surface area contributed by atoms with E-state index in [2.05, 4.69) is 5.32 Å². The third kappa shape index (κ3) is 3.37. The molecule has 1 heterocycles. The Labute approximate surface area is 142 Å². The van der Waals surface area contributed by atoms with E-state index in [-0.39, 0.29) is 5.69 Å². The minimum absolute atomic E-state index is 0.210. The summed E-state index contributed by atoms with van der Waals surface area (Å²) in [4.78, 5) is 12.2. The number of carbonyl (C=O) groups excluding carboxylic acids is 1. The maximum Gasteiger partial charge on any atom is 0.420 e. The third-order valence-electron chi connectivity index (χ3n) is 3.54. The lowest BCUT2D eigenvalue weighted by atomic mass is 10.1. The molecule has 2 aromatic carbocycles. The summed E-state index contributed by atoms with van der Waals surface area (Å²) in [5.41, 5.74) is -3.08. The highest BCUT2D eigenvalue weighted by molar-refractivity contribution is 6.06. The summed E-state index contributed by atoms with van der Waals surface area (Å²) in [6, 6.07) is 9.28. The van der Waals surface area contributed by atoms with Crippen LogP contribution in [0.1, 0.15) is 21.7 Å². The van der Waals surface area contributed by atoms with Gasteiger partial charge in [-0.1, -0.05) is 18.2 Å². The van der Waals surface area contributed by atoms with Crippen LogP contribution < -0.4 is 5.32 Å². The first-order valence-electron chi connectivity index (χ1n) is 7.14. The molecule has 3 nitrogen and oxygen atoms in total. The fraction of sp³-hybridized carbons (Fsp3) is 0.118. The predicted octanol–water partition coefficient (Wildman–Crippen LogP) is 5.72. The first kappa shape index (κ1) is 17.8. The molecule has 9 heteroatoms. The number of carbonyl (C=O) groups is 1. The molecule has 0 saturated carbocycles. The Morgan fingerprint density at radius 3 is 2.12 bits per heavy atom. The van der Waals surface area contributed by atoms with Gasteiger partial charge >= 0.3 is 12.4 Å². The van der Waals surface area contributed by atoms with Crippen LogP contribution in [0.5, 0.6) is 0 Å². The van der Waals surface area contributed by atoms with Crippen LogP contribution >= 0.6 is 0 Å². The number of nitrogens with one attached hydrogen (secondary N) is 1. The van der Waals surface area contributed by atoms with Crippen molar-refractivity contribution < 1.29 is 35.6 Å². The number of furan rings is 1. The van der Waals surface area contributed by atoms with Gasteiger partial charge in [0.25, 0.3) is 5.91 Å². The van der Waals surface area contributed by atoms with Crippen molar-refractivity contribution in [3.05, 3.63) is 65.4 Å². The lowest BCUT2D eigenvalue weighted by Gasteiger charge is -2.09. The summed E-state index contributed by atoms with van der Waals surface area (Å²) >= 11 is 0. The molecule has 0 fully saturated rings. The van der Waals surface area contributed by atoms with Crippen LogP contribution in [0, 0.1) is 0 Å². The number of hydrogen-bond donors (Lipinski definition) is 1. The molecule has 0 aliphatic carbocycles. The molecule has 0 radical (unpaired) electrons. The van der Waals surface area contributed by atoms with Gasteiger partial charge in [-0.25, -0.2) is 0 Å². The van der Waals surface area contributed by atoms with Gasteiger partial charge in [0.15, 0.2) is 0 Å². The fourth-order valence-electron chi connectivity index (χ4n) is 2.42. The number of hydrogen-bond acceptors (Lipinski definition) is 2. The quantitative estimate of drug-likeness (QED) is 0.584. The predicted molar refractivity (Wildman–Crippen MR) is 80.6 cm³/mol. The summed E-state index contributed by atoms with van der Waals surface area (Å²) < 4.78 is 83.6. The van der Waals surface area contributed by atoms with E-state index < -0.39 is 46.1 Å². The van der Waals surface area contributed by atoms with Gasteiger partial charge < -0.3 is 9.73 Å². The minimum atomic E-state index is -5.08. The van der Waals surface area contributed by atoms with Crippen molar-refractivity contribution in [2.45, 2.75) is 12.4 Å². The van der Waals surface area contributed by atoms with Crippen LogP contribution in [0.3, 0.4) is 0 Å². The zero-order valence-electron chi connectivity index (χ0n) is 12.7. The van der Waals surface area contributed by atoms with Crippen molar-refractivity contribution in [2.24, 2.45) is 0 Å². The summed E-state index contributed by atoms with van der Waals surface area (Å²) in [5, 5.41) is 1.39. The smallest absolute Gasteiger partial charge is 0.420 e. The number of amides is 1. The fourth-order valence-corrected chi connectivity index (χ4v) is 2.42. The number of fused-ring (bicyclic) bond motifs is 1. The van der Waals surface area contributed by atoms with E-state index in [0.29, 0.717) is 12.1 Å². The van der Waals surface area contributed by atoms with Gasteiger partial charge in [0.1, 0.15) is 11.1 Å². The zero-order chi connectivity index (χ0) is 19.1. The van der Waals surface area contributed by atoms with E-state index in [1.54, 1.807) is 18.2 Å². The zero-order valence-corrected chi connectivity index (χ0v) is 12.7. The highest BCUT2D eigenvalue weighted by Gasteiger charge is 2.42. The van der Waals surface area contributed by atoms with E-state index in [4.69, 9.17) is 4.42 Å². The van der Waals surface area contributed by atoms with E-state index in [0.717, 1.165) is 6.07 Å². The van der Waals surface area contributed by atoms with Crippen LogP contribution in [0.25, 0.3) is 11.0 Å². The highest BCUT2D eigenvalue weighted by atomic mass is 19.4. The standard InChI is InChI=1S/C17H9F6NO2/c18-16(19,20)9-6-7-12-11(8-9)13(17(21,22)23)14(26-12)15(25)24-10-4-2-1-3-5-10/h1-8H,(H,24,25). The van der Waals surface area contributed by atoms with Gasteiger partial charge in [-0.05, 0) is 30.3 Å². The Morgan fingerprint density at radius 1 is 0.885 bits per heavy atom. The molecular weight excluding hydrogens is 364 g/mol. The van der Waals surface area contributed by atoms with Crippen LogP contribution in [0.2, 0.25) is 0 Å². The molecule has 1 aromatic heterocycles. The normalized spacial score (nSPS) is 12.4. The second kappa shape index (κ2) is 6.08. The molecule has 1 amide bonds. The Bertz CT molecular complexity index is 957. The Hall–Kier alpha value is -2.97. The average molecular weight is 373 g/mol. The van der Waals surface area contributed by atoms with Crippen molar-refractivity contribution in [1.82, 2.24) is 0 Å². The summed E-state index contributed by atoms with van der Waals surface area (Å²) in [7, 11) is 0. The van der Waals surface area contributed by atoms with Crippen LogP contribution in [-0.2, 0) is 12.4 Å². The monoisotopic (exact) mass is 373 g/mol. The van der Waals surface area contributed by atoms with Crippen molar-refractivity contribution in [3.63, 3.8) is 0 Å². The van der Waals surface area contributed by atoms with Crippen molar-refractivity contribution in [1.29, 1.82) is 0 Å². The third-order valence-corrected chi connectivity index (χ3v) is 3.54. The van der Waals surface area contributed by atoms with Crippen LogP contribution in [-0.4, -0.2) is 5.91 Å². The summed E-state index contributed by atoms with van der Waals surface area (Å²) in [5.74, 6) is -2.32. The maximum atomic E-state index is 13.4. The van der Waals surface area contributed by atoms with E-state index in [9.17, 15) is 31.1 Å². The molecule has 0 atom stereocenters. The van der Waals surface area contributed by atoms with Gasteiger partial charge in [0, 0.05) is 11.1 Å². The second-order valence-corrected chi connectivity index (χ2v) is 5.33. The number of para-hydroxylation sites is 1. The van der Waals surface area contributed by atoms with Crippen LogP contribution in [0.15, 0.2) is 52.9 Å². The van der Waals surface area contributed by atoms with E-state index >= 15 is 0 Å². The number of anilines is 1. The first-order valence-corrected chi connectivity index (χ1v) is 7.14. The van der Waals surface area contributed by atoms with Gasteiger partial charge in [-0.15, -0.1) is 0 Å². The molecule has 3 rings (SSSR count). The van der Waals surface area contributed by atoms with Gasteiger partial charge in [0.05, 0.1) is 5.56 Å². The molecule has 0 aliphatic heterocycles. The Morgan fingerprint density at radius 2 is 1.54 bits per heavy atom. The molecule has 136 valence electrons. The second-order valence-electron chi connectivity index (χ2n) is 5.33. The molecule has 26 heavy (non-hydrogen) atoms. The van der Waals surface area contributed by atoms with Crippen LogP contribution in [0.4, 0.5) is 32.0 Å². The van der Waals surface area contributed by atoms with Crippen molar-refractivity contribution >= 4 is 22.6 Å². The minimum Gasteiger partial charge on any atom is -0.450 e. The number of rotatable bonds is 2. The number of benzene rings is 2. The van der Waals surface area contributed by atoms with Gasteiger partial charge in [0.2, 0.25) is 5.76 Å². The molecule has 0 aliphatic rings. The van der Waals surface area contributed by atoms with Crippen molar-refractivity contribution in [2.75, 3.05) is 5.32 Å². The number of halogens is 6. The SMILES string of the molecule is O=C(Nc1ccccc1)c1oc2ccc(C(F)(F)F)cc2c1C(F)(F)F. The Kier molecular flexibility index (Phi) is 4.17. The van der Waals surface area contributed by atoms with E-state index in [1.165, 1.54) is 12.1 Å². The lowest BCUT2D eigenvalue weighted by molar-refractivity contribution is -0.139. The average Bonchev–Trinajstić information content (AvgIpc) is 2.94. The van der Waals surface area contributed by atoms with E-state index in [1.807, 2.05) is 0 Å². The first-order chi connectivity index (χ1) is 12.1. The molecule has 3 aromatic rings.